The summed E-state index contributed by atoms with van der Waals surface area (Å²) in [7, 11) is 1.74. The van der Waals surface area contributed by atoms with Crippen molar-refractivity contribution < 1.29 is 14.3 Å². The molecule has 1 aromatic rings. The van der Waals surface area contributed by atoms with Gasteiger partial charge in [0, 0.05) is 37.4 Å². The maximum atomic E-state index is 12.4. The summed E-state index contributed by atoms with van der Waals surface area (Å²) in [5, 5.41) is 0. The highest BCUT2D eigenvalue weighted by Gasteiger charge is 2.32. The van der Waals surface area contributed by atoms with E-state index in [2.05, 4.69) is 30.0 Å². The zero-order valence-corrected chi connectivity index (χ0v) is 16.0. The summed E-state index contributed by atoms with van der Waals surface area (Å²) < 4.78 is 11.1. The molecule has 0 bridgehead atoms. The zero-order valence-electron chi connectivity index (χ0n) is 16.0. The van der Waals surface area contributed by atoms with Gasteiger partial charge in [0.05, 0.1) is 7.11 Å². The molecule has 0 aromatic heterocycles. The fraction of sp³-hybridized carbons (Fsp3) is 0.650. The number of ether oxygens (including phenoxy) is 2. The van der Waals surface area contributed by atoms with Gasteiger partial charge in [-0.15, -0.1) is 0 Å². The minimum Gasteiger partial charge on any atom is -0.496 e. The molecule has 0 unspecified atom stereocenters. The summed E-state index contributed by atoms with van der Waals surface area (Å²) in [4.78, 5) is 16.5. The van der Waals surface area contributed by atoms with Crippen LogP contribution in [0.2, 0.25) is 0 Å². The molecule has 2 fully saturated rings. The van der Waals surface area contributed by atoms with E-state index >= 15 is 0 Å². The first-order valence-corrected chi connectivity index (χ1v) is 9.21. The van der Waals surface area contributed by atoms with Crippen LogP contribution < -0.4 is 9.64 Å². The monoisotopic (exact) mass is 346 g/mol. The number of anilines is 1. The second-order valence-electron chi connectivity index (χ2n) is 8.17. The van der Waals surface area contributed by atoms with Gasteiger partial charge < -0.3 is 19.3 Å². The Labute approximate surface area is 150 Å². The molecule has 1 aromatic carbocycles. The average Bonchev–Trinajstić information content (AvgIpc) is 3.37. The fourth-order valence-electron chi connectivity index (χ4n) is 3.41. The Bertz CT molecular complexity index is 634. The first-order chi connectivity index (χ1) is 11.8. The van der Waals surface area contributed by atoms with Gasteiger partial charge in [-0.1, -0.05) is 6.07 Å². The zero-order chi connectivity index (χ0) is 18.2. The van der Waals surface area contributed by atoms with Gasteiger partial charge in [0.15, 0.2) is 0 Å². The van der Waals surface area contributed by atoms with Crippen molar-refractivity contribution in [2.45, 2.75) is 58.1 Å². The van der Waals surface area contributed by atoms with Crippen LogP contribution in [0, 0.1) is 0 Å². The minimum atomic E-state index is -0.458. The van der Waals surface area contributed by atoms with Gasteiger partial charge in [-0.05, 0) is 58.1 Å². The van der Waals surface area contributed by atoms with Crippen LogP contribution in [0.1, 0.15) is 52.0 Å². The van der Waals surface area contributed by atoms with E-state index in [1.54, 1.807) is 7.11 Å². The Morgan fingerprint density at radius 3 is 2.48 bits per heavy atom. The van der Waals surface area contributed by atoms with E-state index in [0.29, 0.717) is 12.5 Å². The highest BCUT2D eigenvalue weighted by atomic mass is 16.6. The third kappa shape index (κ3) is 4.20. The average molecular weight is 346 g/mol. The Morgan fingerprint density at radius 2 is 1.92 bits per heavy atom. The normalized spacial score (nSPS) is 21.2. The quantitative estimate of drug-likeness (QED) is 0.829. The van der Waals surface area contributed by atoms with Crippen LogP contribution in [0.4, 0.5) is 10.5 Å². The Balaban J connectivity index is 1.67. The molecule has 0 radical (unpaired) electrons. The number of carbonyl (C=O) groups is 1. The van der Waals surface area contributed by atoms with Crippen LogP contribution in [0.5, 0.6) is 5.75 Å². The molecule has 1 aliphatic carbocycles. The minimum absolute atomic E-state index is 0.109. The lowest BCUT2D eigenvalue weighted by molar-refractivity contribution is 0.0159. The third-order valence-electron chi connectivity index (χ3n) is 4.85. The Hall–Kier alpha value is -1.91. The molecular formula is C20H30N2O3. The van der Waals surface area contributed by atoms with Crippen molar-refractivity contribution in [3.05, 3.63) is 23.8 Å². The molecule has 0 spiro atoms. The number of benzene rings is 1. The molecule has 1 aliphatic heterocycles. The van der Waals surface area contributed by atoms with Gasteiger partial charge in [0.2, 0.25) is 0 Å². The largest absolute Gasteiger partial charge is 0.496 e. The molecule has 1 saturated carbocycles. The van der Waals surface area contributed by atoms with Gasteiger partial charge >= 0.3 is 6.09 Å². The number of methoxy groups -OCH3 is 1. The lowest BCUT2D eigenvalue weighted by atomic mass is 10.1. The molecule has 2 aliphatic rings. The summed E-state index contributed by atoms with van der Waals surface area (Å²) >= 11 is 0. The first kappa shape index (κ1) is 17.9. The number of nitrogens with zero attached hydrogens (tertiary/aromatic N) is 2. The molecule has 5 heteroatoms. The topological polar surface area (TPSA) is 42.0 Å². The van der Waals surface area contributed by atoms with Gasteiger partial charge in [0.1, 0.15) is 11.4 Å². The number of amides is 1. The predicted octanol–water partition coefficient (Wildman–Crippen LogP) is 4.02. The van der Waals surface area contributed by atoms with Crippen molar-refractivity contribution in [3.63, 3.8) is 0 Å². The summed E-state index contributed by atoms with van der Waals surface area (Å²) in [5.74, 6) is 1.66. The van der Waals surface area contributed by atoms with Crippen molar-refractivity contribution in [1.29, 1.82) is 0 Å². The van der Waals surface area contributed by atoms with E-state index in [4.69, 9.17) is 9.47 Å². The van der Waals surface area contributed by atoms with E-state index in [1.807, 2.05) is 25.7 Å². The van der Waals surface area contributed by atoms with Crippen molar-refractivity contribution in [3.8, 4) is 5.75 Å². The summed E-state index contributed by atoms with van der Waals surface area (Å²) in [5.41, 5.74) is 2.03. The van der Waals surface area contributed by atoms with E-state index in [1.165, 1.54) is 18.4 Å². The van der Waals surface area contributed by atoms with Crippen LogP contribution in [0.3, 0.4) is 0 Å². The fourth-order valence-corrected chi connectivity index (χ4v) is 3.41. The van der Waals surface area contributed by atoms with Crippen molar-refractivity contribution >= 4 is 11.8 Å². The number of hydrogen-bond donors (Lipinski definition) is 0. The van der Waals surface area contributed by atoms with Crippen LogP contribution >= 0.6 is 0 Å². The SMILES string of the molecule is COc1cc(N2CCN(C(=O)OC(C)(C)C)[C@H](C)C2)ccc1C1CC1. The lowest BCUT2D eigenvalue weighted by Gasteiger charge is -2.41. The van der Waals surface area contributed by atoms with Gasteiger partial charge in [-0.3, -0.25) is 0 Å². The van der Waals surface area contributed by atoms with Crippen LogP contribution in [-0.2, 0) is 4.74 Å². The molecule has 0 N–H and O–H groups in total. The maximum absolute atomic E-state index is 12.4. The Morgan fingerprint density at radius 1 is 1.20 bits per heavy atom. The van der Waals surface area contributed by atoms with Crippen LogP contribution in [-0.4, -0.2) is 49.4 Å². The second kappa shape index (κ2) is 6.77. The van der Waals surface area contributed by atoms with Crippen LogP contribution in [0.15, 0.2) is 18.2 Å². The summed E-state index contributed by atoms with van der Waals surface area (Å²) in [6, 6.07) is 6.64. The third-order valence-corrected chi connectivity index (χ3v) is 4.85. The van der Waals surface area contributed by atoms with Crippen LogP contribution in [0.25, 0.3) is 0 Å². The van der Waals surface area contributed by atoms with Gasteiger partial charge in [0.25, 0.3) is 0 Å². The summed E-state index contributed by atoms with van der Waals surface area (Å²) in [6.07, 6.45) is 2.31. The smallest absolute Gasteiger partial charge is 0.410 e. The molecule has 25 heavy (non-hydrogen) atoms. The Kier molecular flexibility index (Phi) is 4.85. The van der Waals surface area contributed by atoms with Crippen molar-refractivity contribution in [2.24, 2.45) is 0 Å². The van der Waals surface area contributed by atoms with E-state index < -0.39 is 5.60 Å². The van der Waals surface area contributed by atoms with Crippen molar-refractivity contribution in [1.82, 2.24) is 4.90 Å². The van der Waals surface area contributed by atoms with E-state index in [9.17, 15) is 4.79 Å². The molecule has 5 nitrogen and oxygen atoms in total. The number of piperazine rings is 1. The van der Waals surface area contributed by atoms with Crippen molar-refractivity contribution in [2.75, 3.05) is 31.6 Å². The van der Waals surface area contributed by atoms with E-state index in [-0.39, 0.29) is 12.1 Å². The molecule has 3 rings (SSSR count). The molecule has 1 heterocycles. The van der Waals surface area contributed by atoms with Gasteiger partial charge in [-0.25, -0.2) is 4.79 Å². The highest BCUT2D eigenvalue weighted by molar-refractivity contribution is 5.69. The summed E-state index contributed by atoms with van der Waals surface area (Å²) in [6.45, 7) is 10.0. The number of rotatable bonds is 3. The number of hydrogen-bond acceptors (Lipinski definition) is 4. The molecular weight excluding hydrogens is 316 g/mol. The molecule has 1 saturated heterocycles. The lowest BCUT2D eigenvalue weighted by Crippen LogP contribution is -2.55. The first-order valence-electron chi connectivity index (χ1n) is 9.21. The standard InChI is InChI=1S/C20H30N2O3/c1-14-13-21(10-11-22(14)19(23)25-20(2,3)4)16-8-9-17(15-6-7-15)18(12-16)24-5/h8-9,12,14-15H,6-7,10-11,13H2,1-5H3/t14-/m1/s1. The molecule has 1 atom stereocenters. The molecule has 1 amide bonds. The van der Waals surface area contributed by atoms with Gasteiger partial charge in [-0.2, -0.15) is 0 Å². The predicted molar refractivity (Wildman–Crippen MR) is 99.6 cm³/mol. The second-order valence-corrected chi connectivity index (χ2v) is 8.17. The number of carbonyl (C=O) groups excluding carboxylic acids is 1. The molecule has 138 valence electrons. The maximum Gasteiger partial charge on any atom is 0.410 e. The highest BCUT2D eigenvalue weighted by Crippen LogP contribution is 2.45. The van der Waals surface area contributed by atoms with E-state index in [0.717, 1.165) is 24.5 Å².